The highest BCUT2D eigenvalue weighted by Gasteiger charge is 2.34. The highest BCUT2D eigenvalue weighted by molar-refractivity contribution is 14.1. The van der Waals surface area contributed by atoms with E-state index in [0.29, 0.717) is 38.9 Å². The number of aromatic nitrogens is 2. The number of benzene rings is 2. The molecule has 1 unspecified atom stereocenters. The Labute approximate surface area is 264 Å². The largest absolute Gasteiger partial charge is 0.461 e. The van der Waals surface area contributed by atoms with Crippen molar-refractivity contribution in [1.82, 2.24) is 30.2 Å². The minimum atomic E-state index is -0.819. The Bertz CT molecular complexity index is 1480. The Morgan fingerprint density at radius 2 is 1.88 bits per heavy atom. The lowest BCUT2D eigenvalue weighted by atomic mass is 10.0. The normalized spacial score (nSPS) is 19.2. The summed E-state index contributed by atoms with van der Waals surface area (Å²) in [6, 6.07) is 10.8. The van der Waals surface area contributed by atoms with Crippen LogP contribution in [0, 0.1) is 0 Å². The fraction of sp³-hybridized carbons (Fsp3) is 0.484. The standard InChI is InChI=1S/C31H38IN7O4/c1-37-10-8-25(9-11-37)43-29(40)27(16-20-14-22(17-32)28-23(15-20)18-33-36-28)35-30(41)38-12-6-24(7-13-38)39-19-21-4-2-3-5-26(21)34-31(39)42/h2-5,14-15,18,24-25,27H,6-13,16-17,19H2,1H3,(H,33,36)(H,34,42)(H,35,41). The Morgan fingerprint density at radius 1 is 1.12 bits per heavy atom. The Hall–Kier alpha value is -3.39. The van der Waals surface area contributed by atoms with Gasteiger partial charge in [-0.25, -0.2) is 14.4 Å². The number of carbonyl (C=O) groups excluding carboxylic acids is 3. The van der Waals surface area contributed by atoms with Gasteiger partial charge >= 0.3 is 18.0 Å². The van der Waals surface area contributed by atoms with E-state index in [1.165, 1.54) is 0 Å². The maximum atomic E-state index is 13.5. The number of nitrogens with zero attached hydrogens (tertiary/aromatic N) is 4. The fourth-order valence-corrected chi connectivity index (χ4v) is 6.94. The molecule has 1 atom stereocenters. The molecule has 1 aromatic heterocycles. The molecule has 0 radical (unpaired) electrons. The highest BCUT2D eigenvalue weighted by atomic mass is 127. The molecule has 6 rings (SSSR count). The molecule has 0 aliphatic carbocycles. The van der Waals surface area contributed by atoms with E-state index < -0.39 is 12.0 Å². The lowest BCUT2D eigenvalue weighted by Gasteiger charge is -2.40. The van der Waals surface area contributed by atoms with Gasteiger partial charge in [-0.3, -0.25) is 5.10 Å². The maximum Gasteiger partial charge on any atom is 0.329 e. The van der Waals surface area contributed by atoms with Gasteiger partial charge in [0.2, 0.25) is 0 Å². The molecule has 11 nitrogen and oxygen atoms in total. The Kier molecular flexibility index (Phi) is 9.03. The van der Waals surface area contributed by atoms with Crippen LogP contribution in [0.25, 0.3) is 10.9 Å². The number of esters is 1. The molecule has 3 aromatic rings. The molecule has 2 saturated heterocycles. The first-order chi connectivity index (χ1) is 20.9. The van der Waals surface area contributed by atoms with Gasteiger partial charge in [-0.15, -0.1) is 0 Å². The monoisotopic (exact) mass is 699 g/mol. The number of H-pyrrole nitrogens is 1. The van der Waals surface area contributed by atoms with Crippen molar-refractivity contribution >= 4 is 57.2 Å². The molecule has 3 aliphatic rings. The molecule has 3 aliphatic heterocycles. The molecule has 4 amide bonds. The summed E-state index contributed by atoms with van der Waals surface area (Å²) in [7, 11) is 2.07. The number of nitrogens with one attached hydrogen (secondary N) is 3. The third-order valence-corrected chi connectivity index (χ3v) is 9.68. The molecule has 3 N–H and O–H groups in total. The Balaban J connectivity index is 1.12. The van der Waals surface area contributed by atoms with Crippen LogP contribution in [0.15, 0.2) is 42.6 Å². The number of amides is 4. The van der Waals surface area contributed by atoms with Crippen LogP contribution in [0.5, 0.6) is 0 Å². The summed E-state index contributed by atoms with van der Waals surface area (Å²) in [5.74, 6) is -0.398. The summed E-state index contributed by atoms with van der Waals surface area (Å²) >= 11 is 2.32. The zero-order chi connectivity index (χ0) is 29.9. The molecule has 0 spiro atoms. The van der Waals surface area contributed by atoms with E-state index in [-0.39, 0.29) is 24.2 Å². The number of urea groups is 2. The number of likely N-dealkylation sites (tertiary alicyclic amines) is 2. The molecular weight excluding hydrogens is 661 g/mol. The molecule has 2 aromatic carbocycles. The number of para-hydroxylation sites is 1. The molecule has 12 heteroatoms. The van der Waals surface area contributed by atoms with E-state index in [2.05, 4.69) is 61.4 Å². The summed E-state index contributed by atoms with van der Waals surface area (Å²) < 4.78 is 6.75. The maximum absolute atomic E-state index is 13.5. The highest BCUT2D eigenvalue weighted by Crippen LogP contribution is 2.28. The number of piperidine rings is 2. The van der Waals surface area contributed by atoms with Crippen molar-refractivity contribution in [3.05, 3.63) is 59.3 Å². The van der Waals surface area contributed by atoms with Crippen LogP contribution in [-0.2, 0) is 26.9 Å². The van der Waals surface area contributed by atoms with Gasteiger partial charge < -0.3 is 30.1 Å². The van der Waals surface area contributed by atoms with Gasteiger partial charge in [-0.05, 0) is 61.6 Å². The van der Waals surface area contributed by atoms with Crippen molar-refractivity contribution in [2.24, 2.45) is 0 Å². The lowest BCUT2D eigenvalue weighted by molar-refractivity contribution is -0.153. The van der Waals surface area contributed by atoms with Gasteiger partial charge in [-0.2, -0.15) is 5.10 Å². The molecule has 43 heavy (non-hydrogen) atoms. The number of rotatable bonds is 7. The van der Waals surface area contributed by atoms with Gasteiger partial charge in [0.15, 0.2) is 0 Å². The fourth-order valence-electron chi connectivity index (χ4n) is 6.34. The number of halogens is 1. The molecule has 2 fully saturated rings. The molecular formula is C31H38IN7O4. The number of ether oxygens (including phenoxy) is 1. The minimum Gasteiger partial charge on any atom is -0.461 e. The Morgan fingerprint density at radius 3 is 2.65 bits per heavy atom. The van der Waals surface area contributed by atoms with Crippen molar-refractivity contribution in [3.8, 4) is 0 Å². The predicted octanol–water partition coefficient (Wildman–Crippen LogP) is 4.27. The summed E-state index contributed by atoms with van der Waals surface area (Å²) in [5.41, 5.74) is 4.98. The number of hydrogen-bond donors (Lipinski definition) is 3. The third-order valence-electron chi connectivity index (χ3n) is 8.86. The second kappa shape index (κ2) is 13.1. The van der Waals surface area contributed by atoms with Crippen LogP contribution >= 0.6 is 22.6 Å². The van der Waals surface area contributed by atoms with E-state index in [1.54, 1.807) is 11.1 Å². The van der Waals surface area contributed by atoms with Crippen LogP contribution in [0.2, 0.25) is 0 Å². The number of anilines is 1. The molecule has 0 saturated carbocycles. The van der Waals surface area contributed by atoms with Crippen LogP contribution < -0.4 is 10.6 Å². The number of carbonyl (C=O) groups is 3. The van der Waals surface area contributed by atoms with Crippen molar-refractivity contribution in [1.29, 1.82) is 0 Å². The van der Waals surface area contributed by atoms with E-state index in [0.717, 1.165) is 63.6 Å². The average molecular weight is 700 g/mol. The zero-order valence-electron chi connectivity index (χ0n) is 24.4. The minimum absolute atomic E-state index is 0.0380. The smallest absolute Gasteiger partial charge is 0.329 e. The van der Waals surface area contributed by atoms with Crippen LogP contribution in [-0.4, -0.2) is 94.3 Å². The van der Waals surface area contributed by atoms with Crippen LogP contribution in [0.1, 0.15) is 42.4 Å². The van der Waals surface area contributed by atoms with Crippen molar-refractivity contribution in [2.75, 3.05) is 38.5 Å². The SMILES string of the molecule is CN1CCC(OC(=O)C(Cc2cc(CI)c3[nH]ncc3c2)NC(=O)N2CCC(N3Cc4ccccc4NC3=O)CC2)CC1. The van der Waals surface area contributed by atoms with Crippen molar-refractivity contribution < 1.29 is 19.1 Å². The lowest BCUT2D eigenvalue weighted by Crippen LogP contribution is -2.55. The van der Waals surface area contributed by atoms with Crippen molar-refractivity contribution in [2.45, 2.75) is 61.3 Å². The van der Waals surface area contributed by atoms with E-state index in [1.807, 2.05) is 35.2 Å². The number of aromatic amines is 1. The topological polar surface area (TPSA) is 123 Å². The summed E-state index contributed by atoms with van der Waals surface area (Å²) in [5, 5.41) is 14.2. The molecule has 4 heterocycles. The van der Waals surface area contributed by atoms with E-state index in [9.17, 15) is 14.4 Å². The second-order valence-electron chi connectivity index (χ2n) is 11.8. The van der Waals surface area contributed by atoms with Gasteiger partial charge in [-0.1, -0.05) is 46.9 Å². The predicted molar refractivity (Wildman–Crippen MR) is 172 cm³/mol. The number of hydrogen-bond acceptors (Lipinski definition) is 6. The third kappa shape index (κ3) is 6.74. The van der Waals surface area contributed by atoms with Crippen LogP contribution in [0.4, 0.5) is 15.3 Å². The van der Waals surface area contributed by atoms with E-state index >= 15 is 0 Å². The van der Waals surface area contributed by atoms with Crippen molar-refractivity contribution in [3.63, 3.8) is 0 Å². The zero-order valence-corrected chi connectivity index (χ0v) is 26.5. The van der Waals surface area contributed by atoms with Gasteiger partial charge in [0.1, 0.15) is 12.1 Å². The first kappa shape index (κ1) is 29.7. The average Bonchev–Trinajstić information content (AvgIpc) is 3.50. The first-order valence-corrected chi connectivity index (χ1v) is 16.5. The quantitative estimate of drug-likeness (QED) is 0.193. The number of fused-ring (bicyclic) bond motifs is 2. The van der Waals surface area contributed by atoms with Crippen LogP contribution in [0.3, 0.4) is 0 Å². The van der Waals surface area contributed by atoms with Gasteiger partial charge in [0.05, 0.1) is 11.7 Å². The number of alkyl halides is 1. The van der Waals surface area contributed by atoms with E-state index in [4.69, 9.17) is 4.74 Å². The van der Waals surface area contributed by atoms with Gasteiger partial charge in [0, 0.05) is 60.7 Å². The summed E-state index contributed by atoms with van der Waals surface area (Å²) in [4.78, 5) is 45.7. The molecule has 0 bridgehead atoms. The molecule has 228 valence electrons. The summed E-state index contributed by atoms with van der Waals surface area (Å²) in [6.07, 6.45) is 4.86. The summed E-state index contributed by atoms with van der Waals surface area (Å²) in [6.45, 7) is 3.31. The van der Waals surface area contributed by atoms with Gasteiger partial charge in [0.25, 0.3) is 0 Å². The first-order valence-electron chi connectivity index (χ1n) is 15.0. The second-order valence-corrected chi connectivity index (χ2v) is 12.6.